The second-order valence-electron chi connectivity index (χ2n) is 7.95. The van der Waals surface area contributed by atoms with Crippen LogP contribution in [0.1, 0.15) is 36.2 Å². The Balaban J connectivity index is 1.34. The molecule has 4 heteroatoms. The van der Waals surface area contributed by atoms with E-state index in [0.29, 0.717) is 12.8 Å². The maximum absolute atomic E-state index is 10.6. The zero-order valence-electron chi connectivity index (χ0n) is 17.6. The SMILES string of the molecule is Oc1ccc(-c2ccc(C(O)CCC(O)c3ccc(-c4ccc(O)cc4)cc3)cc2)cc1. The highest BCUT2D eigenvalue weighted by Crippen LogP contribution is 2.29. The van der Waals surface area contributed by atoms with E-state index < -0.39 is 12.2 Å². The number of hydrogen-bond donors (Lipinski definition) is 4. The summed E-state index contributed by atoms with van der Waals surface area (Å²) in [7, 11) is 0. The Morgan fingerprint density at radius 3 is 0.938 bits per heavy atom. The number of aliphatic hydroxyl groups excluding tert-OH is 2. The fraction of sp³-hybridized carbons (Fsp3) is 0.143. The molecule has 2 atom stereocenters. The Hall–Kier alpha value is -3.60. The van der Waals surface area contributed by atoms with E-state index in [1.54, 1.807) is 24.3 Å². The fourth-order valence-corrected chi connectivity index (χ4v) is 3.75. The van der Waals surface area contributed by atoms with Gasteiger partial charge in [0.2, 0.25) is 0 Å². The molecule has 0 radical (unpaired) electrons. The molecule has 0 spiro atoms. The van der Waals surface area contributed by atoms with Gasteiger partial charge >= 0.3 is 0 Å². The molecule has 4 nitrogen and oxygen atoms in total. The standard InChI is InChI=1S/C28H26O4/c29-25-13-9-21(10-14-25)19-1-5-23(6-2-19)27(31)17-18-28(32)24-7-3-20(4-8-24)22-11-15-26(30)16-12-22/h1-16,27-32H,17-18H2. The van der Waals surface area contributed by atoms with Gasteiger partial charge in [-0.05, 0) is 70.5 Å². The van der Waals surface area contributed by atoms with E-state index >= 15 is 0 Å². The summed E-state index contributed by atoms with van der Waals surface area (Å²) in [5.41, 5.74) is 5.62. The lowest BCUT2D eigenvalue weighted by Gasteiger charge is -2.16. The Labute approximate surface area is 187 Å². The molecule has 32 heavy (non-hydrogen) atoms. The van der Waals surface area contributed by atoms with Gasteiger partial charge in [-0.1, -0.05) is 72.8 Å². The number of aliphatic hydroxyl groups is 2. The van der Waals surface area contributed by atoms with Crippen molar-refractivity contribution in [2.45, 2.75) is 25.0 Å². The lowest BCUT2D eigenvalue weighted by molar-refractivity contribution is 0.115. The van der Waals surface area contributed by atoms with Crippen molar-refractivity contribution in [3.63, 3.8) is 0 Å². The minimum atomic E-state index is -0.658. The van der Waals surface area contributed by atoms with Crippen molar-refractivity contribution in [2.24, 2.45) is 0 Å². The van der Waals surface area contributed by atoms with Gasteiger partial charge in [-0.2, -0.15) is 0 Å². The summed E-state index contributed by atoms with van der Waals surface area (Å²) < 4.78 is 0. The van der Waals surface area contributed by atoms with Crippen molar-refractivity contribution < 1.29 is 20.4 Å². The molecule has 4 aromatic carbocycles. The quantitative estimate of drug-likeness (QED) is 0.293. The molecule has 0 fully saturated rings. The smallest absolute Gasteiger partial charge is 0.115 e. The minimum Gasteiger partial charge on any atom is -0.508 e. The zero-order chi connectivity index (χ0) is 22.5. The fourth-order valence-electron chi connectivity index (χ4n) is 3.75. The first kappa shape index (κ1) is 21.6. The maximum Gasteiger partial charge on any atom is 0.115 e. The van der Waals surface area contributed by atoms with Gasteiger partial charge in [0.1, 0.15) is 11.5 Å². The second kappa shape index (κ2) is 9.69. The van der Waals surface area contributed by atoms with Gasteiger partial charge < -0.3 is 20.4 Å². The van der Waals surface area contributed by atoms with Crippen LogP contribution in [0, 0.1) is 0 Å². The Morgan fingerprint density at radius 2 is 0.656 bits per heavy atom. The average Bonchev–Trinajstić information content (AvgIpc) is 2.83. The topological polar surface area (TPSA) is 80.9 Å². The summed E-state index contributed by atoms with van der Waals surface area (Å²) in [4.78, 5) is 0. The van der Waals surface area contributed by atoms with Gasteiger partial charge in [0.25, 0.3) is 0 Å². The van der Waals surface area contributed by atoms with Crippen LogP contribution in [0.25, 0.3) is 22.3 Å². The first-order valence-corrected chi connectivity index (χ1v) is 10.6. The summed E-state index contributed by atoms with van der Waals surface area (Å²) in [6, 6.07) is 29.4. The average molecular weight is 427 g/mol. The van der Waals surface area contributed by atoms with Gasteiger partial charge in [-0.3, -0.25) is 0 Å². The van der Waals surface area contributed by atoms with Crippen LogP contribution < -0.4 is 0 Å². The molecule has 0 aromatic heterocycles. The highest BCUT2D eigenvalue weighted by molar-refractivity contribution is 5.65. The van der Waals surface area contributed by atoms with E-state index in [4.69, 9.17) is 0 Å². The predicted molar refractivity (Wildman–Crippen MR) is 126 cm³/mol. The largest absolute Gasteiger partial charge is 0.508 e. The van der Waals surface area contributed by atoms with Crippen LogP contribution in [0.3, 0.4) is 0 Å². The third kappa shape index (κ3) is 5.17. The summed E-state index contributed by atoms with van der Waals surface area (Å²) >= 11 is 0. The first-order valence-electron chi connectivity index (χ1n) is 10.6. The molecule has 0 aliphatic carbocycles. The number of rotatable bonds is 7. The van der Waals surface area contributed by atoms with Crippen LogP contribution >= 0.6 is 0 Å². The summed E-state index contributed by atoms with van der Waals surface area (Å²) in [6.45, 7) is 0. The van der Waals surface area contributed by atoms with Crippen molar-refractivity contribution in [3.8, 4) is 33.8 Å². The third-order valence-electron chi connectivity index (χ3n) is 5.71. The van der Waals surface area contributed by atoms with E-state index in [0.717, 1.165) is 33.4 Å². The van der Waals surface area contributed by atoms with Gasteiger partial charge in [0.15, 0.2) is 0 Å². The summed E-state index contributed by atoms with van der Waals surface area (Å²) in [5.74, 6) is 0.462. The maximum atomic E-state index is 10.6. The summed E-state index contributed by atoms with van der Waals surface area (Å²) in [5, 5.41) is 40.0. The normalized spacial score (nSPS) is 12.9. The van der Waals surface area contributed by atoms with Crippen LogP contribution in [0.2, 0.25) is 0 Å². The monoisotopic (exact) mass is 426 g/mol. The molecule has 0 amide bonds. The second-order valence-corrected chi connectivity index (χ2v) is 7.95. The zero-order valence-corrected chi connectivity index (χ0v) is 17.6. The number of hydrogen-bond acceptors (Lipinski definition) is 4. The van der Waals surface area contributed by atoms with Crippen LogP contribution in [0.4, 0.5) is 0 Å². The Morgan fingerprint density at radius 1 is 0.406 bits per heavy atom. The molecule has 162 valence electrons. The van der Waals surface area contributed by atoms with Gasteiger partial charge in [0, 0.05) is 0 Å². The van der Waals surface area contributed by atoms with Crippen molar-refractivity contribution in [3.05, 3.63) is 108 Å². The molecule has 0 aliphatic rings. The third-order valence-corrected chi connectivity index (χ3v) is 5.71. The van der Waals surface area contributed by atoms with E-state index in [-0.39, 0.29) is 11.5 Å². The van der Waals surface area contributed by atoms with Crippen molar-refractivity contribution >= 4 is 0 Å². The number of aromatic hydroxyl groups is 2. The minimum absolute atomic E-state index is 0.231. The molecule has 4 aromatic rings. The van der Waals surface area contributed by atoms with Crippen LogP contribution in [0.5, 0.6) is 11.5 Å². The van der Waals surface area contributed by atoms with Gasteiger partial charge in [-0.25, -0.2) is 0 Å². The number of benzene rings is 4. The van der Waals surface area contributed by atoms with Gasteiger partial charge in [0.05, 0.1) is 12.2 Å². The molecular weight excluding hydrogens is 400 g/mol. The molecule has 4 N–H and O–H groups in total. The first-order chi connectivity index (χ1) is 15.5. The number of phenolic OH excluding ortho intramolecular Hbond substituents is 2. The highest BCUT2D eigenvalue weighted by Gasteiger charge is 2.13. The lowest BCUT2D eigenvalue weighted by atomic mass is 9.96. The molecule has 0 bridgehead atoms. The molecule has 0 saturated carbocycles. The predicted octanol–water partition coefficient (Wildman–Crippen LogP) is 5.98. The molecule has 0 aliphatic heterocycles. The van der Waals surface area contributed by atoms with E-state index in [9.17, 15) is 20.4 Å². The molecule has 0 heterocycles. The van der Waals surface area contributed by atoms with Crippen molar-refractivity contribution in [1.82, 2.24) is 0 Å². The Kier molecular flexibility index (Phi) is 6.55. The molecular formula is C28H26O4. The van der Waals surface area contributed by atoms with Crippen LogP contribution in [-0.2, 0) is 0 Å². The number of phenols is 2. The van der Waals surface area contributed by atoms with E-state index in [2.05, 4.69) is 0 Å². The van der Waals surface area contributed by atoms with Crippen LogP contribution in [-0.4, -0.2) is 20.4 Å². The molecule has 2 unspecified atom stereocenters. The van der Waals surface area contributed by atoms with Crippen molar-refractivity contribution in [1.29, 1.82) is 0 Å². The van der Waals surface area contributed by atoms with Crippen LogP contribution in [0.15, 0.2) is 97.1 Å². The highest BCUT2D eigenvalue weighted by atomic mass is 16.3. The molecule has 0 saturated heterocycles. The molecule has 4 rings (SSSR count). The summed E-state index contributed by atoms with van der Waals surface area (Å²) in [6.07, 6.45) is -0.427. The van der Waals surface area contributed by atoms with E-state index in [1.165, 1.54) is 0 Å². The van der Waals surface area contributed by atoms with Gasteiger partial charge in [-0.15, -0.1) is 0 Å². The Bertz CT molecular complexity index is 1040. The van der Waals surface area contributed by atoms with E-state index in [1.807, 2.05) is 72.8 Å². The van der Waals surface area contributed by atoms with Crippen molar-refractivity contribution in [2.75, 3.05) is 0 Å². The lowest BCUT2D eigenvalue weighted by Crippen LogP contribution is -2.03.